The molecule has 0 bridgehead atoms. The van der Waals surface area contributed by atoms with Gasteiger partial charge in [0.1, 0.15) is 17.3 Å². The first-order chi connectivity index (χ1) is 18.0. The van der Waals surface area contributed by atoms with Crippen LogP contribution < -0.4 is 15.2 Å². The van der Waals surface area contributed by atoms with Crippen LogP contribution in [0, 0.1) is 11.7 Å². The molecule has 2 aliphatic heterocycles. The van der Waals surface area contributed by atoms with Crippen molar-refractivity contribution in [3.05, 3.63) is 59.4 Å². The van der Waals surface area contributed by atoms with Crippen LogP contribution in [0.4, 0.5) is 4.39 Å². The van der Waals surface area contributed by atoms with Crippen molar-refractivity contribution in [2.75, 3.05) is 59.5 Å². The van der Waals surface area contributed by atoms with E-state index in [1.54, 1.807) is 13.2 Å². The highest BCUT2D eigenvalue weighted by Crippen LogP contribution is 2.25. The van der Waals surface area contributed by atoms with Gasteiger partial charge in [-0.2, -0.15) is 0 Å². The summed E-state index contributed by atoms with van der Waals surface area (Å²) < 4.78 is 25.5. The summed E-state index contributed by atoms with van der Waals surface area (Å²) in [7, 11) is 1.71. The number of piperidine rings is 1. The number of para-hydroxylation sites is 1. The zero-order valence-corrected chi connectivity index (χ0v) is 22.2. The molecular formula is C29H41FN4O3. The third-order valence-electron chi connectivity index (χ3n) is 7.76. The minimum Gasteiger partial charge on any atom is -0.496 e. The van der Waals surface area contributed by atoms with Gasteiger partial charge in [-0.25, -0.2) is 4.39 Å². The topological polar surface area (TPSA) is 71.3 Å². The van der Waals surface area contributed by atoms with Crippen LogP contribution >= 0.6 is 0 Å². The van der Waals surface area contributed by atoms with E-state index in [2.05, 4.69) is 15.9 Å². The molecule has 7 nitrogen and oxygen atoms in total. The van der Waals surface area contributed by atoms with Crippen LogP contribution in [0.25, 0.3) is 0 Å². The number of carbonyl (C=O) groups excluding carboxylic acids is 1. The van der Waals surface area contributed by atoms with Crippen LogP contribution in [0.1, 0.15) is 30.9 Å². The van der Waals surface area contributed by atoms with E-state index >= 15 is 0 Å². The average molecular weight is 513 g/mol. The monoisotopic (exact) mass is 512 g/mol. The molecule has 0 aliphatic carbocycles. The number of benzene rings is 2. The van der Waals surface area contributed by atoms with Crippen molar-refractivity contribution in [2.24, 2.45) is 11.7 Å². The number of amides is 1. The summed E-state index contributed by atoms with van der Waals surface area (Å²) in [6, 6.07) is 12.7. The Morgan fingerprint density at radius 3 is 2.41 bits per heavy atom. The first-order valence-corrected chi connectivity index (χ1v) is 13.5. The normalized spacial score (nSPS) is 18.5. The van der Waals surface area contributed by atoms with E-state index in [1.165, 1.54) is 11.6 Å². The Hall–Kier alpha value is -2.68. The van der Waals surface area contributed by atoms with Crippen LogP contribution in [-0.4, -0.2) is 86.2 Å². The zero-order valence-electron chi connectivity index (χ0n) is 22.2. The number of nitrogens with zero attached hydrogens (tertiary/aromatic N) is 3. The second-order valence-electron chi connectivity index (χ2n) is 10.0. The molecule has 2 heterocycles. The molecule has 2 aliphatic rings. The van der Waals surface area contributed by atoms with Gasteiger partial charge in [0.25, 0.3) is 0 Å². The van der Waals surface area contributed by atoms with Crippen molar-refractivity contribution < 1.29 is 18.7 Å². The van der Waals surface area contributed by atoms with Gasteiger partial charge >= 0.3 is 0 Å². The van der Waals surface area contributed by atoms with Crippen molar-refractivity contribution in [2.45, 2.75) is 38.8 Å². The summed E-state index contributed by atoms with van der Waals surface area (Å²) in [5, 5.41) is 0. The third kappa shape index (κ3) is 7.00. The van der Waals surface area contributed by atoms with Gasteiger partial charge < -0.3 is 25.0 Å². The Morgan fingerprint density at radius 1 is 1.00 bits per heavy atom. The number of hydrogen-bond donors (Lipinski definition) is 1. The van der Waals surface area contributed by atoms with E-state index in [0.717, 1.165) is 44.6 Å². The maximum atomic E-state index is 14.4. The molecule has 2 aromatic carbocycles. The fourth-order valence-corrected chi connectivity index (χ4v) is 5.47. The molecule has 2 N–H and O–H groups in total. The van der Waals surface area contributed by atoms with Gasteiger partial charge in [-0.05, 0) is 69.0 Å². The number of carbonyl (C=O) groups is 1. The minimum atomic E-state index is -0.459. The molecule has 0 aromatic heterocycles. The van der Waals surface area contributed by atoms with Crippen LogP contribution in [0.5, 0.6) is 11.5 Å². The van der Waals surface area contributed by atoms with Crippen LogP contribution in [-0.2, 0) is 17.8 Å². The minimum absolute atomic E-state index is 0.0491. The second-order valence-corrected chi connectivity index (χ2v) is 10.0. The summed E-state index contributed by atoms with van der Waals surface area (Å²) in [6.45, 7) is 8.38. The van der Waals surface area contributed by atoms with Crippen molar-refractivity contribution >= 4 is 5.91 Å². The number of halogens is 1. The number of likely N-dealkylation sites (tertiary alicyclic amines) is 1. The predicted molar refractivity (Wildman–Crippen MR) is 143 cm³/mol. The molecule has 1 atom stereocenters. The lowest BCUT2D eigenvalue weighted by molar-refractivity contribution is -0.136. The number of ether oxygens (including phenoxy) is 2. The largest absolute Gasteiger partial charge is 0.496 e. The number of nitrogens with two attached hydrogens (primary N) is 1. The van der Waals surface area contributed by atoms with Crippen molar-refractivity contribution in [1.82, 2.24) is 14.7 Å². The van der Waals surface area contributed by atoms with E-state index in [-0.39, 0.29) is 17.6 Å². The number of methoxy groups -OCH3 is 1. The van der Waals surface area contributed by atoms with Gasteiger partial charge in [0.05, 0.1) is 19.8 Å². The fourth-order valence-electron chi connectivity index (χ4n) is 5.47. The molecule has 37 heavy (non-hydrogen) atoms. The number of piperazine rings is 1. The molecule has 2 fully saturated rings. The SMILES string of the molecule is CCOc1cccc(F)c1CN1CCN(C(=O)[C@H](N)C2CCN(CCc3ccccc3OC)CC2)CC1. The van der Waals surface area contributed by atoms with Gasteiger partial charge in [0, 0.05) is 44.8 Å². The van der Waals surface area contributed by atoms with Gasteiger partial charge in [-0.1, -0.05) is 24.3 Å². The maximum absolute atomic E-state index is 14.4. The second kappa shape index (κ2) is 13.2. The van der Waals surface area contributed by atoms with E-state index in [4.69, 9.17) is 15.2 Å². The molecular weight excluding hydrogens is 471 g/mol. The highest BCUT2D eigenvalue weighted by atomic mass is 19.1. The quantitative estimate of drug-likeness (QED) is 0.528. The Bertz CT molecular complexity index is 1020. The maximum Gasteiger partial charge on any atom is 0.239 e. The van der Waals surface area contributed by atoms with E-state index in [0.29, 0.717) is 50.6 Å². The lowest BCUT2D eigenvalue weighted by Crippen LogP contribution is -2.55. The van der Waals surface area contributed by atoms with Crippen LogP contribution in [0.15, 0.2) is 42.5 Å². The average Bonchev–Trinajstić information content (AvgIpc) is 2.94. The van der Waals surface area contributed by atoms with Gasteiger partial charge in [0.2, 0.25) is 5.91 Å². The Morgan fingerprint density at radius 2 is 1.70 bits per heavy atom. The van der Waals surface area contributed by atoms with E-state index in [1.807, 2.05) is 36.1 Å². The summed E-state index contributed by atoms with van der Waals surface area (Å²) in [5.74, 6) is 1.54. The van der Waals surface area contributed by atoms with Gasteiger partial charge in [0.15, 0.2) is 0 Å². The Kier molecular flexibility index (Phi) is 9.77. The smallest absolute Gasteiger partial charge is 0.239 e. The fraction of sp³-hybridized carbons (Fsp3) is 0.552. The first-order valence-electron chi connectivity index (χ1n) is 13.5. The Balaban J connectivity index is 1.21. The van der Waals surface area contributed by atoms with Crippen LogP contribution in [0.3, 0.4) is 0 Å². The number of rotatable bonds is 10. The summed E-state index contributed by atoms with van der Waals surface area (Å²) in [4.78, 5) is 19.7. The molecule has 1 amide bonds. The molecule has 0 saturated carbocycles. The Labute approximate surface area is 220 Å². The highest BCUT2D eigenvalue weighted by molar-refractivity contribution is 5.82. The summed E-state index contributed by atoms with van der Waals surface area (Å²) >= 11 is 0. The third-order valence-corrected chi connectivity index (χ3v) is 7.76. The lowest BCUT2D eigenvalue weighted by atomic mass is 9.88. The lowest BCUT2D eigenvalue weighted by Gasteiger charge is -2.39. The molecule has 4 rings (SSSR count). The zero-order chi connectivity index (χ0) is 26.2. The van der Waals surface area contributed by atoms with Gasteiger partial charge in [-0.3, -0.25) is 9.69 Å². The van der Waals surface area contributed by atoms with E-state index in [9.17, 15) is 9.18 Å². The summed E-state index contributed by atoms with van der Waals surface area (Å²) in [5.41, 5.74) is 8.30. The van der Waals surface area contributed by atoms with Crippen molar-refractivity contribution in [3.63, 3.8) is 0 Å². The van der Waals surface area contributed by atoms with Crippen molar-refractivity contribution in [3.8, 4) is 11.5 Å². The molecule has 0 spiro atoms. The molecule has 202 valence electrons. The van der Waals surface area contributed by atoms with Crippen LogP contribution in [0.2, 0.25) is 0 Å². The molecule has 8 heteroatoms. The molecule has 0 unspecified atom stereocenters. The first kappa shape index (κ1) is 27.4. The van der Waals surface area contributed by atoms with Crippen molar-refractivity contribution in [1.29, 1.82) is 0 Å². The molecule has 2 aromatic rings. The van der Waals surface area contributed by atoms with Gasteiger partial charge in [-0.15, -0.1) is 0 Å². The highest BCUT2D eigenvalue weighted by Gasteiger charge is 2.33. The molecule has 2 saturated heterocycles. The van der Waals surface area contributed by atoms with E-state index < -0.39 is 6.04 Å². The predicted octanol–water partition coefficient (Wildman–Crippen LogP) is 3.16. The summed E-state index contributed by atoms with van der Waals surface area (Å²) in [6.07, 6.45) is 2.82. The standard InChI is InChI=1S/C29H41FN4O3/c1-3-37-27-10-6-8-25(30)24(27)21-33-17-19-34(20-18-33)29(35)28(31)23-12-15-32(16-13-23)14-11-22-7-4-5-9-26(22)36-2/h4-10,23,28H,3,11-21,31H2,1-2H3/t28-/m1/s1. The number of hydrogen-bond acceptors (Lipinski definition) is 6. The molecule has 0 radical (unpaired) electrons.